The van der Waals surface area contributed by atoms with E-state index in [4.69, 9.17) is 37.0 Å². The minimum atomic E-state index is -4.96. The van der Waals surface area contributed by atoms with Gasteiger partial charge in [0, 0.05) is 25.7 Å². The SMILES string of the molecule is CCCCCC/C=C\C=C/CCCCCCCC(=O)O[C@H](COC(=O)CCCCCCCCCCC(C)CC)COP(=O)(O)OC[C@@H](O)COP(=O)(O)OC[C@@H](COC(=O)CCCCCCCCCCC)OC(=O)CCCCCCCCCCCCCC. The molecule has 19 heteroatoms. The summed E-state index contributed by atoms with van der Waals surface area (Å²) >= 11 is 0. The van der Waals surface area contributed by atoms with E-state index in [-0.39, 0.29) is 25.7 Å². The zero-order chi connectivity index (χ0) is 64.9. The van der Waals surface area contributed by atoms with Gasteiger partial charge in [-0.05, 0) is 57.3 Å². The van der Waals surface area contributed by atoms with Crippen LogP contribution in [0.3, 0.4) is 0 Å². The van der Waals surface area contributed by atoms with Crippen LogP contribution in [0.1, 0.15) is 330 Å². The van der Waals surface area contributed by atoms with Gasteiger partial charge in [-0.15, -0.1) is 0 Å². The summed E-state index contributed by atoms with van der Waals surface area (Å²) in [6.45, 7) is 7.15. The molecule has 0 fully saturated rings. The number of phosphoric ester groups is 2. The topological polar surface area (TPSA) is 237 Å². The Morgan fingerprint density at radius 1 is 0.364 bits per heavy atom. The fourth-order valence-corrected chi connectivity index (χ4v) is 11.5. The Morgan fingerprint density at radius 2 is 0.636 bits per heavy atom. The predicted octanol–water partition coefficient (Wildman–Crippen LogP) is 19.3. The maximum absolute atomic E-state index is 13.0. The number of allylic oxidation sites excluding steroid dienone is 4. The molecule has 0 saturated carbocycles. The van der Waals surface area contributed by atoms with Gasteiger partial charge in [-0.2, -0.15) is 0 Å². The Morgan fingerprint density at radius 3 is 0.966 bits per heavy atom. The number of rotatable bonds is 67. The summed E-state index contributed by atoms with van der Waals surface area (Å²) in [6.07, 6.45) is 50.6. The van der Waals surface area contributed by atoms with Crippen LogP contribution in [0.2, 0.25) is 0 Å². The van der Waals surface area contributed by atoms with Gasteiger partial charge in [0.2, 0.25) is 0 Å². The molecule has 0 aliphatic rings. The molecule has 0 aromatic heterocycles. The van der Waals surface area contributed by atoms with Gasteiger partial charge in [0.25, 0.3) is 0 Å². The van der Waals surface area contributed by atoms with Gasteiger partial charge in [-0.3, -0.25) is 37.3 Å². The van der Waals surface area contributed by atoms with Crippen LogP contribution in [-0.4, -0.2) is 96.7 Å². The number of carbonyl (C=O) groups excluding carboxylic acids is 4. The van der Waals surface area contributed by atoms with Crippen molar-refractivity contribution in [1.29, 1.82) is 0 Å². The van der Waals surface area contributed by atoms with E-state index in [0.29, 0.717) is 25.7 Å². The molecular formula is C69H130O17P2. The van der Waals surface area contributed by atoms with Crippen molar-refractivity contribution in [3.05, 3.63) is 24.3 Å². The maximum Gasteiger partial charge on any atom is 0.472 e. The fourth-order valence-electron chi connectivity index (χ4n) is 9.89. The van der Waals surface area contributed by atoms with Crippen LogP contribution < -0.4 is 0 Å². The highest BCUT2D eigenvalue weighted by Crippen LogP contribution is 2.45. The second-order valence-electron chi connectivity index (χ2n) is 24.5. The number of ether oxygens (including phenoxy) is 4. The van der Waals surface area contributed by atoms with E-state index < -0.39 is 97.5 Å². The molecule has 0 spiro atoms. The van der Waals surface area contributed by atoms with Crippen LogP contribution in [0.5, 0.6) is 0 Å². The third-order valence-electron chi connectivity index (χ3n) is 15.8. The maximum atomic E-state index is 13.0. The van der Waals surface area contributed by atoms with Crippen molar-refractivity contribution < 1.29 is 80.2 Å². The number of unbranched alkanes of at least 4 members (excludes halogenated alkanes) is 35. The Labute approximate surface area is 535 Å². The summed E-state index contributed by atoms with van der Waals surface area (Å²) in [5.41, 5.74) is 0. The molecule has 17 nitrogen and oxygen atoms in total. The van der Waals surface area contributed by atoms with E-state index in [9.17, 15) is 43.2 Å². The van der Waals surface area contributed by atoms with Crippen molar-refractivity contribution in [2.24, 2.45) is 5.92 Å². The molecule has 0 saturated heterocycles. The van der Waals surface area contributed by atoms with E-state index in [2.05, 4.69) is 58.9 Å². The molecule has 0 aromatic rings. The largest absolute Gasteiger partial charge is 0.472 e. The van der Waals surface area contributed by atoms with Crippen LogP contribution in [-0.2, 0) is 65.4 Å². The summed E-state index contributed by atoms with van der Waals surface area (Å²) in [4.78, 5) is 72.4. The summed E-state index contributed by atoms with van der Waals surface area (Å²) in [5.74, 6) is -1.38. The molecular weight excluding hydrogens is 1160 g/mol. The lowest BCUT2D eigenvalue weighted by molar-refractivity contribution is -0.161. The highest BCUT2D eigenvalue weighted by atomic mass is 31.2. The van der Waals surface area contributed by atoms with Crippen LogP contribution in [0.25, 0.3) is 0 Å². The lowest BCUT2D eigenvalue weighted by Crippen LogP contribution is -2.30. The van der Waals surface area contributed by atoms with Crippen LogP contribution in [0.4, 0.5) is 0 Å². The number of aliphatic hydroxyl groups excluding tert-OH is 1. The molecule has 0 heterocycles. The van der Waals surface area contributed by atoms with Crippen molar-refractivity contribution in [3.63, 3.8) is 0 Å². The quantitative estimate of drug-likeness (QED) is 0.0169. The van der Waals surface area contributed by atoms with Crippen molar-refractivity contribution in [2.75, 3.05) is 39.6 Å². The zero-order valence-corrected chi connectivity index (χ0v) is 58.1. The molecule has 0 aliphatic heterocycles. The number of esters is 4. The number of aliphatic hydroxyl groups is 1. The normalized spacial score (nSPS) is 14.6. The molecule has 0 aliphatic carbocycles. The first-order chi connectivity index (χ1) is 42.6. The number of phosphoric acid groups is 2. The van der Waals surface area contributed by atoms with Gasteiger partial charge in [0.1, 0.15) is 19.3 Å². The highest BCUT2D eigenvalue weighted by Gasteiger charge is 2.30. The first-order valence-corrected chi connectivity index (χ1v) is 38.5. The molecule has 6 atom stereocenters. The molecule has 3 N–H and O–H groups in total. The average Bonchev–Trinajstić information content (AvgIpc) is 3.56. The van der Waals surface area contributed by atoms with E-state index in [1.54, 1.807) is 0 Å². The molecule has 518 valence electrons. The first kappa shape index (κ1) is 85.5. The van der Waals surface area contributed by atoms with Crippen LogP contribution >= 0.6 is 15.6 Å². The standard InChI is InChI=1S/C69H130O17P2/c1-6-10-13-16-19-22-24-26-27-28-30-33-40-45-50-55-69(74)86-65(59-80-67(72)53-48-43-38-35-34-36-41-46-51-62(5)9-4)61-84-88(77,78)82-57-63(70)56-81-87(75,76)83-60-64(58-79-66(71)52-47-42-37-31-21-18-15-12-8-3)85-68(73)54-49-44-39-32-29-25-23-20-17-14-11-7-2/h22,24,26-27,62-65,70H,6-21,23,25,28-61H2,1-5H3,(H,75,76)(H,77,78)/b24-22-,27-26-/t62?,63-,64+,65+/m0/s1. The lowest BCUT2D eigenvalue weighted by Gasteiger charge is -2.21. The summed E-state index contributed by atoms with van der Waals surface area (Å²) in [7, 11) is -9.91. The Bertz CT molecular complexity index is 1800. The van der Waals surface area contributed by atoms with E-state index in [0.717, 1.165) is 109 Å². The van der Waals surface area contributed by atoms with Gasteiger partial charge < -0.3 is 33.8 Å². The van der Waals surface area contributed by atoms with Crippen molar-refractivity contribution in [2.45, 2.75) is 348 Å². The molecule has 0 amide bonds. The lowest BCUT2D eigenvalue weighted by atomic mass is 9.99. The molecule has 0 bridgehead atoms. The molecule has 88 heavy (non-hydrogen) atoms. The van der Waals surface area contributed by atoms with E-state index in [1.807, 2.05) is 0 Å². The first-order valence-electron chi connectivity index (χ1n) is 35.5. The smallest absolute Gasteiger partial charge is 0.462 e. The summed E-state index contributed by atoms with van der Waals surface area (Å²) in [6, 6.07) is 0. The second-order valence-corrected chi connectivity index (χ2v) is 27.4. The Balaban J connectivity index is 5.28. The third kappa shape index (κ3) is 61.1. The van der Waals surface area contributed by atoms with Crippen molar-refractivity contribution in [3.8, 4) is 0 Å². The van der Waals surface area contributed by atoms with E-state index in [1.165, 1.54) is 141 Å². The minimum Gasteiger partial charge on any atom is -0.462 e. The molecule has 0 rings (SSSR count). The monoisotopic (exact) mass is 1290 g/mol. The number of hydrogen-bond donors (Lipinski definition) is 3. The predicted molar refractivity (Wildman–Crippen MR) is 354 cm³/mol. The average molecular weight is 1290 g/mol. The fraction of sp³-hybridized carbons (Fsp3) is 0.884. The van der Waals surface area contributed by atoms with Crippen LogP contribution in [0.15, 0.2) is 24.3 Å². The molecule has 0 aromatic carbocycles. The number of carbonyl (C=O) groups is 4. The second kappa shape index (κ2) is 62.0. The van der Waals surface area contributed by atoms with Crippen molar-refractivity contribution in [1.82, 2.24) is 0 Å². The third-order valence-corrected chi connectivity index (χ3v) is 17.7. The van der Waals surface area contributed by atoms with Gasteiger partial charge in [0.05, 0.1) is 26.4 Å². The minimum absolute atomic E-state index is 0.0847. The highest BCUT2D eigenvalue weighted by molar-refractivity contribution is 7.47. The van der Waals surface area contributed by atoms with Crippen LogP contribution in [0, 0.1) is 5.92 Å². The van der Waals surface area contributed by atoms with Gasteiger partial charge in [0.15, 0.2) is 12.2 Å². The zero-order valence-electron chi connectivity index (χ0n) is 56.3. The Hall–Kier alpha value is -2.46. The van der Waals surface area contributed by atoms with E-state index >= 15 is 0 Å². The summed E-state index contributed by atoms with van der Waals surface area (Å²) < 4.78 is 68.2. The Kier molecular flexibility index (Phi) is 60.3. The van der Waals surface area contributed by atoms with Gasteiger partial charge in [-0.25, -0.2) is 9.13 Å². The van der Waals surface area contributed by atoms with Gasteiger partial charge >= 0.3 is 39.5 Å². The van der Waals surface area contributed by atoms with Gasteiger partial charge in [-0.1, -0.05) is 277 Å². The van der Waals surface area contributed by atoms with Crippen molar-refractivity contribution >= 4 is 39.5 Å². The molecule has 3 unspecified atom stereocenters. The summed E-state index contributed by atoms with van der Waals surface area (Å²) in [5, 5.41) is 10.6. The number of hydrogen-bond acceptors (Lipinski definition) is 15. The molecule has 0 radical (unpaired) electrons.